The van der Waals surface area contributed by atoms with Gasteiger partial charge in [0.2, 0.25) is 0 Å². The van der Waals surface area contributed by atoms with E-state index in [9.17, 15) is 4.79 Å². The van der Waals surface area contributed by atoms with Crippen molar-refractivity contribution in [3.8, 4) is 0 Å². The molecule has 0 atom stereocenters. The summed E-state index contributed by atoms with van der Waals surface area (Å²) in [7, 11) is 0. The van der Waals surface area contributed by atoms with Gasteiger partial charge in [-0.1, -0.05) is 0 Å². The average Bonchev–Trinajstić information content (AvgIpc) is 2.73. The maximum absolute atomic E-state index is 12.1. The molecule has 0 aliphatic heterocycles. The molecular formula is C15H24N2O3S2. The molecule has 0 aliphatic rings. The molecule has 0 aliphatic carbocycles. The predicted molar refractivity (Wildman–Crippen MR) is 95.1 cm³/mol. The minimum atomic E-state index is -0.314. The summed E-state index contributed by atoms with van der Waals surface area (Å²) in [6.45, 7) is 10.2. The number of anilines is 1. The number of hydrogen-bond acceptors (Lipinski definition) is 5. The van der Waals surface area contributed by atoms with Crippen molar-refractivity contribution in [2.75, 3.05) is 31.7 Å². The maximum Gasteiger partial charge on any atom is 0.341 e. The molecule has 0 aromatic carbocycles. The molecular weight excluding hydrogens is 320 g/mol. The van der Waals surface area contributed by atoms with Crippen LogP contribution in [0.5, 0.6) is 0 Å². The second-order valence-corrected chi connectivity index (χ2v) is 6.27. The van der Waals surface area contributed by atoms with Crippen LogP contribution in [0.2, 0.25) is 0 Å². The lowest BCUT2D eigenvalue weighted by molar-refractivity contribution is 0.0527. The Bertz CT molecular complexity index is 515. The van der Waals surface area contributed by atoms with Crippen LogP contribution in [-0.2, 0) is 9.47 Å². The van der Waals surface area contributed by atoms with Gasteiger partial charge in [0.15, 0.2) is 5.11 Å². The van der Waals surface area contributed by atoms with Gasteiger partial charge in [0.1, 0.15) is 5.00 Å². The first-order valence-corrected chi connectivity index (χ1v) is 8.63. The van der Waals surface area contributed by atoms with Crippen LogP contribution in [0.25, 0.3) is 0 Å². The van der Waals surface area contributed by atoms with Gasteiger partial charge in [-0.2, -0.15) is 0 Å². The third kappa shape index (κ3) is 5.55. The van der Waals surface area contributed by atoms with Crippen LogP contribution in [0.3, 0.4) is 0 Å². The zero-order chi connectivity index (χ0) is 16.5. The van der Waals surface area contributed by atoms with Crippen LogP contribution in [0.15, 0.2) is 0 Å². The molecule has 0 radical (unpaired) electrons. The summed E-state index contributed by atoms with van der Waals surface area (Å²) in [6, 6.07) is 0. The minimum Gasteiger partial charge on any atom is -0.462 e. The fraction of sp³-hybridized carbons (Fsp3) is 0.600. The summed E-state index contributed by atoms with van der Waals surface area (Å²) in [6.07, 6.45) is 0.878. The van der Waals surface area contributed by atoms with Crippen LogP contribution in [0.4, 0.5) is 5.00 Å². The predicted octanol–water partition coefficient (Wildman–Crippen LogP) is 3.25. The Morgan fingerprint density at radius 2 is 2.00 bits per heavy atom. The summed E-state index contributed by atoms with van der Waals surface area (Å²) in [5.41, 5.74) is 1.51. The highest BCUT2D eigenvalue weighted by molar-refractivity contribution is 7.80. The van der Waals surface area contributed by atoms with Crippen LogP contribution >= 0.6 is 23.6 Å². The summed E-state index contributed by atoms with van der Waals surface area (Å²) in [4.78, 5) is 13.2. The molecule has 0 bridgehead atoms. The van der Waals surface area contributed by atoms with Gasteiger partial charge in [-0.3, -0.25) is 0 Å². The molecule has 1 aromatic rings. The van der Waals surface area contributed by atoms with E-state index >= 15 is 0 Å². The first-order chi connectivity index (χ1) is 10.5. The highest BCUT2D eigenvalue weighted by Crippen LogP contribution is 2.32. The van der Waals surface area contributed by atoms with E-state index in [-0.39, 0.29) is 5.97 Å². The summed E-state index contributed by atoms with van der Waals surface area (Å²) in [5, 5.41) is 7.45. The second kappa shape index (κ2) is 9.76. The number of ether oxygens (including phenoxy) is 2. The van der Waals surface area contributed by atoms with Gasteiger partial charge in [0.05, 0.1) is 12.2 Å². The van der Waals surface area contributed by atoms with Gasteiger partial charge in [-0.25, -0.2) is 4.79 Å². The molecule has 7 heteroatoms. The number of esters is 1. The van der Waals surface area contributed by atoms with E-state index < -0.39 is 0 Å². The van der Waals surface area contributed by atoms with Crippen molar-refractivity contribution in [1.29, 1.82) is 0 Å². The lowest BCUT2D eigenvalue weighted by atomic mass is 10.1. The zero-order valence-electron chi connectivity index (χ0n) is 13.6. The number of carbonyl (C=O) groups is 1. The van der Waals surface area contributed by atoms with Crippen molar-refractivity contribution >= 4 is 39.6 Å². The molecule has 0 unspecified atom stereocenters. The number of carbonyl (C=O) groups excluding carboxylic acids is 1. The topological polar surface area (TPSA) is 59.6 Å². The summed E-state index contributed by atoms with van der Waals surface area (Å²) >= 11 is 6.78. The third-order valence-electron chi connectivity index (χ3n) is 3.05. The maximum atomic E-state index is 12.1. The van der Waals surface area contributed by atoms with Crippen LogP contribution in [0, 0.1) is 13.8 Å². The Hall–Kier alpha value is -1.18. The van der Waals surface area contributed by atoms with Gasteiger partial charge in [0.25, 0.3) is 0 Å². The highest BCUT2D eigenvalue weighted by Gasteiger charge is 2.21. The number of thiophene rings is 1. The zero-order valence-corrected chi connectivity index (χ0v) is 15.2. The quantitative estimate of drug-likeness (QED) is 0.429. The second-order valence-electron chi connectivity index (χ2n) is 4.64. The Morgan fingerprint density at radius 1 is 1.27 bits per heavy atom. The molecule has 124 valence electrons. The van der Waals surface area contributed by atoms with Gasteiger partial charge in [0, 0.05) is 24.6 Å². The fourth-order valence-electron chi connectivity index (χ4n) is 1.83. The summed E-state index contributed by atoms with van der Waals surface area (Å²) in [5.74, 6) is -0.314. The Morgan fingerprint density at radius 3 is 2.64 bits per heavy atom. The van der Waals surface area contributed by atoms with Crippen LogP contribution < -0.4 is 10.6 Å². The number of hydrogen-bond donors (Lipinski definition) is 2. The first kappa shape index (κ1) is 18.9. The van der Waals surface area contributed by atoms with E-state index in [1.165, 1.54) is 11.3 Å². The lowest BCUT2D eigenvalue weighted by Gasteiger charge is -2.11. The summed E-state index contributed by atoms with van der Waals surface area (Å²) < 4.78 is 10.4. The Balaban J connectivity index is 2.63. The molecule has 1 heterocycles. The van der Waals surface area contributed by atoms with E-state index in [1.807, 2.05) is 20.8 Å². The van der Waals surface area contributed by atoms with Crippen molar-refractivity contribution in [2.24, 2.45) is 0 Å². The molecule has 0 amide bonds. The largest absolute Gasteiger partial charge is 0.462 e. The van der Waals surface area contributed by atoms with E-state index in [0.29, 0.717) is 23.9 Å². The van der Waals surface area contributed by atoms with Crippen molar-refractivity contribution in [1.82, 2.24) is 5.32 Å². The van der Waals surface area contributed by atoms with Gasteiger partial charge in [-0.15, -0.1) is 11.3 Å². The monoisotopic (exact) mass is 344 g/mol. The normalized spacial score (nSPS) is 10.4. The number of rotatable bonds is 8. The third-order valence-corrected chi connectivity index (χ3v) is 4.42. The van der Waals surface area contributed by atoms with Crippen molar-refractivity contribution in [3.63, 3.8) is 0 Å². The minimum absolute atomic E-state index is 0.314. The van der Waals surface area contributed by atoms with Crippen molar-refractivity contribution in [3.05, 3.63) is 16.0 Å². The van der Waals surface area contributed by atoms with Crippen molar-refractivity contribution < 1.29 is 14.3 Å². The molecule has 22 heavy (non-hydrogen) atoms. The lowest BCUT2D eigenvalue weighted by Crippen LogP contribution is -2.30. The number of nitrogens with one attached hydrogen (secondary N) is 2. The Labute approximate surface area is 141 Å². The molecule has 1 aromatic heterocycles. The smallest absolute Gasteiger partial charge is 0.341 e. The Kier molecular flexibility index (Phi) is 8.37. The van der Waals surface area contributed by atoms with Gasteiger partial charge >= 0.3 is 5.97 Å². The molecule has 0 saturated carbocycles. The van der Waals surface area contributed by atoms with Crippen LogP contribution in [0.1, 0.15) is 41.1 Å². The van der Waals surface area contributed by atoms with E-state index in [2.05, 4.69) is 10.6 Å². The number of aryl methyl sites for hydroxylation is 1. The molecule has 0 saturated heterocycles. The molecule has 1 rings (SSSR count). The van der Waals surface area contributed by atoms with Gasteiger partial charge < -0.3 is 20.1 Å². The van der Waals surface area contributed by atoms with Gasteiger partial charge in [-0.05, 0) is 51.9 Å². The fourth-order valence-corrected chi connectivity index (χ4v) is 3.15. The standard InChI is InChI=1S/C15H24N2O3S2/c1-5-19-9-7-8-16-15(21)17-13-12(14(18)20-6-2)10(3)11(4)22-13/h5-9H2,1-4H3,(H2,16,17,21). The van der Waals surface area contributed by atoms with Crippen LogP contribution in [-0.4, -0.2) is 37.4 Å². The molecule has 5 nitrogen and oxygen atoms in total. The molecule has 0 fully saturated rings. The average molecular weight is 345 g/mol. The van der Waals surface area contributed by atoms with E-state index in [4.69, 9.17) is 21.7 Å². The first-order valence-electron chi connectivity index (χ1n) is 7.40. The molecule has 0 spiro atoms. The van der Waals surface area contributed by atoms with E-state index in [0.717, 1.165) is 35.0 Å². The molecule has 2 N–H and O–H groups in total. The van der Waals surface area contributed by atoms with Crippen molar-refractivity contribution in [2.45, 2.75) is 34.1 Å². The SMILES string of the molecule is CCOCCCNC(=S)Nc1sc(C)c(C)c1C(=O)OCC. The highest BCUT2D eigenvalue weighted by atomic mass is 32.1. The number of thiocarbonyl (C=S) groups is 1. The van der Waals surface area contributed by atoms with E-state index in [1.54, 1.807) is 6.92 Å².